The number of esters is 1. The summed E-state index contributed by atoms with van der Waals surface area (Å²) in [4.78, 5) is 11.2. The third kappa shape index (κ3) is 3.95. The molecule has 0 aliphatic carbocycles. The number of rotatable bonds is 1. The molecule has 4 heteroatoms. The molecule has 1 rings (SSSR count). The molecule has 0 atom stereocenters. The van der Waals surface area contributed by atoms with Crippen molar-refractivity contribution in [2.24, 2.45) is 0 Å². The van der Waals surface area contributed by atoms with E-state index in [0.29, 0.717) is 5.56 Å². The zero-order valence-electron chi connectivity index (χ0n) is 9.23. The van der Waals surface area contributed by atoms with E-state index in [0.717, 1.165) is 14.5 Å². The summed E-state index contributed by atoms with van der Waals surface area (Å²) in [6.07, 6.45) is 0. The minimum Gasteiger partial charge on any atom is -0.465 e. The molecule has 0 heterocycles. The molecule has 0 aliphatic rings. The van der Waals surface area contributed by atoms with Gasteiger partial charge in [-0.05, 0) is 24.6 Å². The lowest BCUT2D eigenvalue weighted by Gasteiger charge is -2.04. The monoisotopic (exact) mass is 336 g/mol. The van der Waals surface area contributed by atoms with Gasteiger partial charge < -0.3 is 4.74 Å². The minimum atomic E-state index is -0.332. The molecule has 1 aromatic carbocycles. The molecule has 84 valence electrons. The van der Waals surface area contributed by atoms with Gasteiger partial charge >= 0.3 is 5.97 Å². The quantitative estimate of drug-likeness (QED) is 0.713. The summed E-state index contributed by atoms with van der Waals surface area (Å²) < 4.78 is 6.39. The summed E-state index contributed by atoms with van der Waals surface area (Å²) in [5, 5.41) is 0. The summed E-state index contributed by atoms with van der Waals surface area (Å²) in [7, 11) is 1.37. The van der Waals surface area contributed by atoms with E-state index in [1.165, 1.54) is 7.11 Å². The van der Waals surface area contributed by atoms with Gasteiger partial charge in [0.25, 0.3) is 0 Å². The van der Waals surface area contributed by atoms with Gasteiger partial charge in [-0.1, -0.05) is 45.7 Å². The second-order valence-corrected chi connectivity index (χ2v) is 4.27. The minimum absolute atomic E-state index is 0.332. The number of hydrogen-bond donors (Lipinski definition) is 0. The molecule has 0 bridgehead atoms. The lowest BCUT2D eigenvalue weighted by atomic mass is 10.1. The highest BCUT2D eigenvalue weighted by Gasteiger charge is 2.09. The van der Waals surface area contributed by atoms with Gasteiger partial charge in [0.1, 0.15) is 0 Å². The highest BCUT2D eigenvalue weighted by molar-refractivity contribution is 9.11. The van der Waals surface area contributed by atoms with Crippen LogP contribution in [0.2, 0.25) is 0 Å². The van der Waals surface area contributed by atoms with Gasteiger partial charge in [0, 0.05) is 8.95 Å². The highest BCUT2D eigenvalue weighted by atomic mass is 79.9. The summed E-state index contributed by atoms with van der Waals surface area (Å²) in [5.41, 5.74) is 1.60. The first kappa shape index (κ1) is 14.6. The van der Waals surface area contributed by atoms with Crippen LogP contribution in [0.3, 0.4) is 0 Å². The molecule has 0 aliphatic heterocycles. The van der Waals surface area contributed by atoms with Gasteiger partial charge in [-0.3, -0.25) is 0 Å². The summed E-state index contributed by atoms with van der Waals surface area (Å²) >= 11 is 6.71. The van der Waals surface area contributed by atoms with E-state index in [-0.39, 0.29) is 5.97 Å². The second kappa shape index (κ2) is 7.01. The molecule has 0 amide bonds. The Labute approximate surface area is 107 Å². The van der Waals surface area contributed by atoms with Crippen LogP contribution in [-0.4, -0.2) is 13.1 Å². The first-order valence-corrected chi connectivity index (χ1v) is 6.19. The van der Waals surface area contributed by atoms with Crippen LogP contribution in [-0.2, 0) is 4.74 Å². The fourth-order valence-electron chi connectivity index (χ4n) is 0.881. The summed E-state index contributed by atoms with van der Waals surface area (Å²) in [6.45, 7) is 5.95. The van der Waals surface area contributed by atoms with E-state index in [1.807, 2.05) is 20.8 Å². The zero-order valence-corrected chi connectivity index (χ0v) is 12.4. The fraction of sp³-hybridized carbons (Fsp3) is 0.364. The smallest absolute Gasteiger partial charge is 0.337 e. The predicted octanol–water partition coefficient (Wildman–Crippen LogP) is 4.33. The van der Waals surface area contributed by atoms with Crippen molar-refractivity contribution in [3.05, 3.63) is 32.2 Å². The normalized spacial score (nSPS) is 8.93. The second-order valence-electron chi connectivity index (χ2n) is 2.56. The van der Waals surface area contributed by atoms with Crippen LogP contribution in [0.4, 0.5) is 0 Å². The van der Waals surface area contributed by atoms with Crippen molar-refractivity contribution in [2.45, 2.75) is 20.8 Å². The summed E-state index contributed by atoms with van der Waals surface area (Å²) in [5.74, 6) is -0.332. The first-order valence-electron chi connectivity index (χ1n) is 4.60. The molecular formula is C11H14Br2O2. The molecule has 15 heavy (non-hydrogen) atoms. The van der Waals surface area contributed by atoms with E-state index < -0.39 is 0 Å². The Morgan fingerprint density at radius 1 is 1.20 bits per heavy atom. The molecule has 1 aromatic rings. The van der Waals surface area contributed by atoms with Crippen LogP contribution < -0.4 is 0 Å². The van der Waals surface area contributed by atoms with E-state index in [4.69, 9.17) is 0 Å². The van der Waals surface area contributed by atoms with Crippen LogP contribution in [0.25, 0.3) is 0 Å². The highest BCUT2D eigenvalue weighted by Crippen LogP contribution is 2.26. The zero-order chi connectivity index (χ0) is 12.0. The maximum Gasteiger partial charge on any atom is 0.337 e. The molecule has 0 aromatic heterocycles. The number of benzene rings is 1. The van der Waals surface area contributed by atoms with Crippen molar-refractivity contribution in [1.29, 1.82) is 0 Å². The van der Waals surface area contributed by atoms with Crippen molar-refractivity contribution in [3.8, 4) is 0 Å². The third-order valence-corrected chi connectivity index (χ3v) is 3.35. The Bertz CT molecular complexity index is 325. The van der Waals surface area contributed by atoms with Crippen molar-refractivity contribution in [3.63, 3.8) is 0 Å². The SMILES string of the molecule is CC.COC(=O)c1cc(Br)c(C)c(Br)c1. The molecule has 2 nitrogen and oxygen atoms in total. The Morgan fingerprint density at radius 2 is 1.60 bits per heavy atom. The Hall–Kier alpha value is -0.350. The average Bonchev–Trinajstić information content (AvgIpc) is 2.26. The van der Waals surface area contributed by atoms with Gasteiger partial charge in [0.05, 0.1) is 12.7 Å². The van der Waals surface area contributed by atoms with E-state index in [1.54, 1.807) is 12.1 Å². The topological polar surface area (TPSA) is 26.3 Å². The van der Waals surface area contributed by atoms with Crippen LogP contribution in [0.15, 0.2) is 21.1 Å². The van der Waals surface area contributed by atoms with Gasteiger partial charge in [-0.2, -0.15) is 0 Å². The number of methoxy groups -OCH3 is 1. The maximum absolute atomic E-state index is 11.2. The molecule has 0 radical (unpaired) electrons. The number of carbonyl (C=O) groups excluding carboxylic acids is 1. The maximum atomic E-state index is 11.2. The Morgan fingerprint density at radius 3 is 1.93 bits per heavy atom. The third-order valence-electron chi connectivity index (χ3n) is 1.70. The van der Waals surface area contributed by atoms with Gasteiger partial charge in [0.2, 0.25) is 0 Å². The lowest BCUT2D eigenvalue weighted by Crippen LogP contribution is -2.01. The van der Waals surface area contributed by atoms with Crippen LogP contribution in [0.1, 0.15) is 29.8 Å². The molecule has 0 unspecified atom stereocenters. The van der Waals surface area contributed by atoms with Gasteiger partial charge in [-0.15, -0.1) is 0 Å². The van der Waals surface area contributed by atoms with Crippen molar-refractivity contribution in [1.82, 2.24) is 0 Å². The molecule has 0 saturated heterocycles. The number of carbonyl (C=O) groups is 1. The fourth-order valence-corrected chi connectivity index (χ4v) is 2.07. The molecular weight excluding hydrogens is 324 g/mol. The van der Waals surface area contributed by atoms with Crippen LogP contribution >= 0.6 is 31.9 Å². The molecule has 0 saturated carbocycles. The van der Waals surface area contributed by atoms with E-state index in [9.17, 15) is 4.79 Å². The average molecular weight is 338 g/mol. The lowest BCUT2D eigenvalue weighted by molar-refractivity contribution is 0.0600. The van der Waals surface area contributed by atoms with Crippen molar-refractivity contribution < 1.29 is 9.53 Å². The van der Waals surface area contributed by atoms with Crippen LogP contribution in [0, 0.1) is 6.92 Å². The largest absolute Gasteiger partial charge is 0.465 e. The molecule has 0 fully saturated rings. The molecule has 0 spiro atoms. The summed E-state index contributed by atoms with van der Waals surface area (Å²) in [6, 6.07) is 3.48. The van der Waals surface area contributed by atoms with Crippen LogP contribution in [0.5, 0.6) is 0 Å². The number of hydrogen-bond acceptors (Lipinski definition) is 2. The Balaban J connectivity index is 0.000000921. The Kier molecular flexibility index (Phi) is 6.85. The number of ether oxygens (including phenoxy) is 1. The van der Waals surface area contributed by atoms with E-state index in [2.05, 4.69) is 36.6 Å². The van der Waals surface area contributed by atoms with Gasteiger partial charge in [0.15, 0.2) is 0 Å². The first-order chi connectivity index (χ1) is 7.06. The standard InChI is InChI=1S/C9H8Br2O2.C2H6/c1-5-7(10)3-6(4-8(5)11)9(12)13-2;1-2/h3-4H,1-2H3;1-2H3. The van der Waals surface area contributed by atoms with Gasteiger partial charge in [-0.25, -0.2) is 4.79 Å². The van der Waals surface area contributed by atoms with E-state index >= 15 is 0 Å². The van der Waals surface area contributed by atoms with Crippen molar-refractivity contribution >= 4 is 37.8 Å². The molecule has 0 N–H and O–H groups in total. The predicted molar refractivity (Wildman–Crippen MR) is 69.3 cm³/mol. The van der Waals surface area contributed by atoms with Crippen molar-refractivity contribution in [2.75, 3.05) is 7.11 Å². The number of halogens is 2.